The summed E-state index contributed by atoms with van der Waals surface area (Å²) in [4.78, 5) is 5.23. The van der Waals surface area contributed by atoms with Crippen molar-refractivity contribution in [3.05, 3.63) is 187 Å². The van der Waals surface area contributed by atoms with Gasteiger partial charge in [0.25, 0.3) is 0 Å². The molecule has 0 amide bonds. The van der Waals surface area contributed by atoms with E-state index in [1.54, 1.807) is 0 Å². The Hall–Kier alpha value is -5.47. The second kappa shape index (κ2) is 13.9. The Balaban J connectivity index is 1.58. The molecular weight excluding hydrogens is 520 g/mol. The maximum atomic E-state index is 5.23. The van der Waals surface area contributed by atoms with Crippen LogP contribution in [0.3, 0.4) is 0 Å². The molecule has 0 aliphatic heterocycles. The van der Waals surface area contributed by atoms with E-state index in [9.17, 15) is 0 Å². The molecule has 0 saturated carbocycles. The van der Waals surface area contributed by atoms with Crippen LogP contribution in [0.4, 0.5) is 5.69 Å². The number of nitrogens with one attached hydrogen (secondary N) is 1. The highest BCUT2D eigenvalue weighted by molar-refractivity contribution is 6.00. The number of hydrogen-bond donors (Lipinski definition) is 1. The van der Waals surface area contributed by atoms with Gasteiger partial charge in [-0.3, -0.25) is 4.99 Å². The van der Waals surface area contributed by atoms with Gasteiger partial charge < -0.3 is 5.32 Å². The second-order valence-corrected chi connectivity index (χ2v) is 10.3. The van der Waals surface area contributed by atoms with E-state index in [1.807, 2.05) is 61.5 Å². The molecule has 0 aliphatic rings. The van der Waals surface area contributed by atoms with E-state index in [1.165, 1.54) is 0 Å². The van der Waals surface area contributed by atoms with Crippen molar-refractivity contribution in [1.29, 1.82) is 0 Å². The normalized spacial score (nSPS) is 12.3. The Bertz CT molecular complexity index is 1740. The maximum absolute atomic E-state index is 5.23. The topological polar surface area (TPSA) is 24.4 Å². The van der Waals surface area contributed by atoms with Crippen LogP contribution in [0, 0.1) is 0 Å². The van der Waals surface area contributed by atoms with Crippen molar-refractivity contribution in [3.8, 4) is 22.3 Å². The van der Waals surface area contributed by atoms with Gasteiger partial charge in [-0.1, -0.05) is 159 Å². The van der Waals surface area contributed by atoms with E-state index < -0.39 is 0 Å². The minimum absolute atomic E-state index is 0.884. The van der Waals surface area contributed by atoms with Gasteiger partial charge in [0.05, 0.1) is 11.4 Å². The van der Waals surface area contributed by atoms with Crippen LogP contribution in [0.1, 0.15) is 25.0 Å². The van der Waals surface area contributed by atoms with Crippen molar-refractivity contribution in [2.75, 3.05) is 0 Å². The number of aliphatic imine (C=N–C) groups is 1. The summed E-state index contributed by atoms with van der Waals surface area (Å²) < 4.78 is 0. The predicted molar refractivity (Wildman–Crippen MR) is 186 cm³/mol. The Morgan fingerprint density at radius 3 is 1.56 bits per heavy atom. The zero-order chi connectivity index (χ0) is 30.0. The van der Waals surface area contributed by atoms with Crippen molar-refractivity contribution in [2.24, 2.45) is 4.99 Å². The van der Waals surface area contributed by atoms with Gasteiger partial charge in [-0.25, -0.2) is 0 Å². The van der Waals surface area contributed by atoms with Crippen molar-refractivity contribution < 1.29 is 0 Å². The highest BCUT2D eigenvalue weighted by Gasteiger charge is 2.14. The highest BCUT2D eigenvalue weighted by atomic mass is 14.9. The van der Waals surface area contributed by atoms with E-state index in [2.05, 4.69) is 122 Å². The molecule has 5 rings (SSSR count). The molecule has 0 heterocycles. The number of benzene rings is 5. The summed E-state index contributed by atoms with van der Waals surface area (Å²) >= 11 is 0. The third kappa shape index (κ3) is 7.06. The standard InChI is InChI=1S/C41H36N2/c1-5-37(34-21-12-7-13-22-34)40(32(4)33-19-10-6-11-20-33)42-30(2)29-31(3)43-41-38(35-23-14-8-15-24-35)27-18-28-39(41)36-25-16-9-17-26-36/h5-29,42H,1,4H2,2-3H3/b30-29-,40-37-,43-31?. The number of hydrogen-bond acceptors (Lipinski definition) is 2. The van der Waals surface area contributed by atoms with Crippen molar-refractivity contribution >= 4 is 22.5 Å². The number of rotatable bonds is 10. The van der Waals surface area contributed by atoms with Crippen LogP contribution in [0.5, 0.6) is 0 Å². The molecule has 5 aromatic carbocycles. The molecule has 0 atom stereocenters. The first-order valence-corrected chi connectivity index (χ1v) is 14.5. The van der Waals surface area contributed by atoms with E-state index in [-0.39, 0.29) is 0 Å². The van der Waals surface area contributed by atoms with Crippen LogP contribution in [0.15, 0.2) is 181 Å². The molecule has 0 aromatic heterocycles. The van der Waals surface area contributed by atoms with Gasteiger partial charge in [0.1, 0.15) is 0 Å². The summed E-state index contributed by atoms with van der Waals surface area (Å²) in [5.74, 6) is 0. The summed E-state index contributed by atoms with van der Waals surface area (Å²) in [7, 11) is 0. The van der Waals surface area contributed by atoms with Gasteiger partial charge in [-0.15, -0.1) is 0 Å². The monoisotopic (exact) mass is 556 g/mol. The van der Waals surface area contributed by atoms with Crippen LogP contribution in [0.2, 0.25) is 0 Å². The van der Waals surface area contributed by atoms with Gasteiger partial charge in [0.15, 0.2) is 0 Å². The summed E-state index contributed by atoms with van der Waals surface area (Å²) in [5, 5.41) is 3.66. The summed E-state index contributed by atoms with van der Waals surface area (Å²) in [6.45, 7) is 12.7. The number of allylic oxidation sites excluding steroid dienone is 5. The molecule has 210 valence electrons. The molecule has 0 spiro atoms. The molecule has 0 fully saturated rings. The lowest BCUT2D eigenvalue weighted by Crippen LogP contribution is -2.15. The first kappa shape index (κ1) is 29.0. The average Bonchev–Trinajstić information content (AvgIpc) is 3.06. The molecule has 2 heteroatoms. The molecule has 0 bridgehead atoms. The first-order chi connectivity index (χ1) is 21.0. The maximum Gasteiger partial charge on any atom is 0.0789 e. The third-order valence-corrected chi connectivity index (χ3v) is 7.22. The van der Waals surface area contributed by atoms with Crippen LogP contribution in [0.25, 0.3) is 33.4 Å². The smallest absolute Gasteiger partial charge is 0.0789 e. The molecule has 2 nitrogen and oxygen atoms in total. The number of para-hydroxylation sites is 1. The van der Waals surface area contributed by atoms with Crippen molar-refractivity contribution in [2.45, 2.75) is 13.8 Å². The lowest BCUT2D eigenvalue weighted by Gasteiger charge is -2.19. The molecular formula is C41H36N2. The van der Waals surface area contributed by atoms with Gasteiger partial charge in [-0.05, 0) is 47.8 Å². The third-order valence-electron chi connectivity index (χ3n) is 7.22. The van der Waals surface area contributed by atoms with E-state index in [0.717, 1.165) is 67.3 Å². The Kier molecular flexibility index (Phi) is 9.41. The average molecular weight is 557 g/mol. The van der Waals surface area contributed by atoms with Crippen LogP contribution in [-0.2, 0) is 0 Å². The zero-order valence-corrected chi connectivity index (χ0v) is 24.8. The van der Waals surface area contributed by atoms with Crippen LogP contribution >= 0.6 is 0 Å². The Morgan fingerprint density at radius 1 is 0.605 bits per heavy atom. The molecule has 1 N–H and O–H groups in total. The summed E-state index contributed by atoms with van der Waals surface area (Å²) in [5.41, 5.74) is 12.1. The minimum atomic E-state index is 0.884. The fourth-order valence-corrected chi connectivity index (χ4v) is 5.19. The zero-order valence-electron chi connectivity index (χ0n) is 24.8. The van der Waals surface area contributed by atoms with E-state index in [4.69, 9.17) is 4.99 Å². The van der Waals surface area contributed by atoms with Gasteiger partial charge >= 0.3 is 0 Å². The van der Waals surface area contributed by atoms with Crippen LogP contribution < -0.4 is 5.32 Å². The van der Waals surface area contributed by atoms with Gasteiger partial charge in [0.2, 0.25) is 0 Å². The molecule has 0 aliphatic carbocycles. The minimum Gasteiger partial charge on any atom is -0.358 e. The van der Waals surface area contributed by atoms with Gasteiger partial charge in [0, 0.05) is 28.1 Å². The molecule has 0 unspecified atom stereocenters. The largest absolute Gasteiger partial charge is 0.358 e. The lowest BCUT2D eigenvalue weighted by molar-refractivity contribution is 1.02. The molecule has 43 heavy (non-hydrogen) atoms. The SMILES string of the molecule is C=C/C(=C(/N/C(C)=C\C(C)=Nc1c(-c2ccccc2)cccc1-c1ccccc1)C(=C)c1ccccc1)c1ccccc1. The predicted octanol–water partition coefficient (Wildman–Crippen LogP) is 10.9. The quantitative estimate of drug-likeness (QED) is 0.134. The molecule has 0 saturated heterocycles. The van der Waals surface area contributed by atoms with Gasteiger partial charge in [-0.2, -0.15) is 0 Å². The Labute approximate surface area is 255 Å². The Morgan fingerprint density at radius 2 is 1.07 bits per heavy atom. The first-order valence-electron chi connectivity index (χ1n) is 14.5. The summed E-state index contributed by atoms with van der Waals surface area (Å²) in [6, 6.07) is 47.8. The molecule has 0 radical (unpaired) electrons. The number of nitrogens with zero attached hydrogens (tertiary/aromatic N) is 1. The van der Waals surface area contributed by atoms with E-state index in [0.29, 0.717) is 0 Å². The summed E-state index contributed by atoms with van der Waals surface area (Å²) in [6.07, 6.45) is 3.97. The van der Waals surface area contributed by atoms with Crippen molar-refractivity contribution in [3.63, 3.8) is 0 Å². The fraction of sp³-hybridized carbons (Fsp3) is 0.0488. The lowest BCUT2D eigenvalue weighted by atomic mass is 9.95. The van der Waals surface area contributed by atoms with Crippen LogP contribution in [-0.4, -0.2) is 5.71 Å². The highest BCUT2D eigenvalue weighted by Crippen LogP contribution is 2.39. The fourth-order valence-electron chi connectivity index (χ4n) is 5.19. The second-order valence-electron chi connectivity index (χ2n) is 10.3. The molecule has 5 aromatic rings. The van der Waals surface area contributed by atoms with Crippen molar-refractivity contribution in [1.82, 2.24) is 5.32 Å². The van der Waals surface area contributed by atoms with E-state index >= 15 is 0 Å².